The van der Waals surface area contributed by atoms with Crippen LogP contribution >= 0.6 is 0 Å². The quantitative estimate of drug-likeness (QED) is 0.774. The van der Waals surface area contributed by atoms with Gasteiger partial charge in [-0.2, -0.15) is 0 Å². The number of aryl methyl sites for hydroxylation is 2. The second-order valence-electron chi connectivity index (χ2n) is 4.88. The van der Waals surface area contributed by atoms with E-state index in [1.807, 2.05) is 12.1 Å². The van der Waals surface area contributed by atoms with Crippen molar-refractivity contribution in [2.45, 2.75) is 20.3 Å². The Morgan fingerprint density at radius 3 is 2.16 bits per heavy atom. The lowest BCUT2D eigenvalue weighted by Crippen LogP contribution is -1.85. The van der Waals surface area contributed by atoms with E-state index in [1.165, 1.54) is 22.3 Å². The number of hydrogen-bond donors (Lipinski definition) is 0. The lowest BCUT2D eigenvalue weighted by molar-refractivity contribution is 0.415. The molecule has 1 nitrogen and oxygen atoms in total. The number of hydrogen-bond acceptors (Lipinski definition) is 1. The minimum Gasteiger partial charge on any atom is -0.497 e. The number of ether oxygens (including phenoxy) is 1. The molecule has 0 saturated heterocycles. The zero-order valence-corrected chi connectivity index (χ0v) is 11.8. The third-order valence-corrected chi connectivity index (χ3v) is 3.06. The predicted molar refractivity (Wildman–Crippen MR) is 81.6 cm³/mol. The summed E-state index contributed by atoms with van der Waals surface area (Å²) in [5.41, 5.74) is 5.22. The Bertz CT molecular complexity index is 544. The first-order valence-electron chi connectivity index (χ1n) is 6.55. The van der Waals surface area contributed by atoms with E-state index in [2.05, 4.69) is 56.3 Å². The molecule has 1 heteroatoms. The Labute approximate surface area is 115 Å². The highest BCUT2D eigenvalue weighted by Crippen LogP contribution is 2.14. The lowest BCUT2D eigenvalue weighted by atomic mass is 10.0. The van der Waals surface area contributed by atoms with Crippen LogP contribution in [0.2, 0.25) is 0 Å². The van der Waals surface area contributed by atoms with Crippen LogP contribution in [0.3, 0.4) is 0 Å². The van der Waals surface area contributed by atoms with Gasteiger partial charge in [0.1, 0.15) is 5.75 Å². The van der Waals surface area contributed by atoms with Crippen molar-refractivity contribution in [2.75, 3.05) is 7.11 Å². The fourth-order valence-electron chi connectivity index (χ4n) is 2.23. The summed E-state index contributed by atoms with van der Waals surface area (Å²) in [5, 5.41) is 0. The summed E-state index contributed by atoms with van der Waals surface area (Å²) < 4.78 is 5.15. The Morgan fingerprint density at radius 2 is 1.58 bits per heavy atom. The minimum absolute atomic E-state index is 0.895. The van der Waals surface area contributed by atoms with Crippen LogP contribution in [0.4, 0.5) is 0 Å². The number of methoxy groups -OCH3 is 1. The molecule has 0 N–H and O–H groups in total. The van der Waals surface area contributed by atoms with Crippen molar-refractivity contribution in [1.82, 2.24) is 0 Å². The van der Waals surface area contributed by atoms with Gasteiger partial charge in [-0.1, -0.05) is 53.6 Å². The predicted octanol–water partition coefficient (Wildman–Crippen LogP) is 4.57. The smallest absolute Gasteiger partial charge is 0.118 e. The highest BCUT2D eigenvalue weighted by molar-refractivity contribution is 5.51. The molecule has 98 valence electrons. The maximum atomic E-state index is 5.15. The van der Waals surface area contributed by atoms with Crippen molar-refractivity contribution in [3.05, 3.63) is 70.8 Å². The molecule has 0 aliphatic rings. The first kappa shape index (κ1) is 13.4. The Morgan fingerprint density at radius 1 is 0.947 bits per heavy atom. The molecule has 2 aromatic carbocycles. The zero-order valence-electron chi connectivity index (χ0n) is 11.8. The molecule has 2 aromatic rings. The zero-order chi connectivity index (χ0) is 13.7. The van der Waals surface area contributed by atoms with Gasteiger partial charge in [0.2, 0.25) is 0 Å². The van der Waals surface area contributed by atoms with Gasteiger partial charge in [-0.15, -0.1) is 0 Å². The van der Waals surface area contributed by atoms with Crippen molar-refractivity contribution in [1.29, 1.82) is 0 Å². The molecule has 0 spiro atoms. The van der Waals surface area contributed by atoms with E-state index in [4.69, 9.17) is 4.74 Å². The van der Waals surface area contributed by atoms with Crippen LogP contribution in [-0.4, -0.2) is 7.11 Å². The molecule has 0 unspecified atom stereocenters. The molecule has 0 fully saturated rings. The highest BCUT2D eigenvalue weighted by atomic mass is 16.5. The SMILES string of the molecule is COc1ccc(C=CCc2cc(C)cc(C)c2)cc1. The molecule has 19 heavy (non-hydrogen) atoms. The average Bonchev–Trinajstić information content (AvgIpc) is 2.38. The van der Waals surface area contributed by atoms with E-state index in [0.29, 0.717) is 0 Å². The van der Waals surface area contributed by atoms with Crippen LogP contribution in [0.1, 0.15) is 22.3 Å². The first-order valence-corrected chi connectivity index (χ1v) is 6.55. The summed E-state index contributed by atoms with van der Waals surface area (Å²) in [7, 11) is 1.69. The molecule has 0 heterocycles. The number of allylic oxidation sites excluding steroid dienone is 1. The fourth-order valence-corrected chi connectivity index (χ4v) is 2.23. The van der Waals surface area contributed by atoms with Gasteiger partial charge in [-0.05, 0) is 43.5 Å². The minimum atomic E-state index is 0.895. The topological polar surface area (TPSA) is 9.23 Å². The molecule has 2 rings (SSSR count). The summed E-state index contributed by atoms with van der Waals surface area (Å²) in [5.74, 6) is 0.895. The van der Waals surface area contributed by atoms with Gasteiger partial charge in [0, 0.05) is 0 Å². The van der Waals surface area contributed by atoms with Crippen molar-refractivity contribution in [3.8, 4) is 5.75 Å². The van der Waals surface area contributed by atoms with E-state index in [0.717, 1.165) is 12.2 Å². The normalized spacial score (nSPS) is 10.9. The van der Waals surface area contributed by atoms with Gasteiger partial charge in [-0.25, -0.2) is 0 Å². The van der Waals surface area contributed by atoms with Crippen LogP contribution in [0.25, 0.3) is 6.08 Å². The fraction of sp³-hybridized carbons (Fsp3) is 0.222. The van der Waals surface area contributed by atoms with Crippen LogP contribution in [-0.2, 0) is 6.42 Å². The Kier molecular flexibility index (Phi) is 4.40. The molecule has 0 radical (unpaired) electrons. The molecule has 0 atom stereocenters. The van der Waals surface area contributed by atoms with Gasteiger partial charge >= 0.3 is 0 Å². The first-order chi connectivity index (χ1) is 9.17. The molecule has 0 saturated carbocycles. The van der Waals surface area contributed by atoms with Gasteiger partial charge in [0.05, 0.1) is 7.11 Å². The lowest BCUT2D eigenvalue weighted by Gasteiger charge is -2.02. The van der Waals surface area contributed by atoms with Gasteiger partial charge in [0.15, 0.2) is 0 Å². The Balaban J connectivity index is 2.02. The second-order valence-corrected chi connectivity index (χ2v) is 4.88. The van der Waals surface area contributed by atoms with E-state index < -0.39 is 0 Å². The summed E-state index contributed by atoms with van der Waals surface area (Å²) >= 11 is 0. The maximum Gasteiger partial charge on any atom is 0.118 e. The van der Waals surface area contributed by atoms with Crippen LogP contribution in [0.15, 0.2) is 48.5 Å². The molecular formula is C18H20O. The van der Waals surface area contributed by atoms with Crippen molar-refractivity contribution >= 4 is 6.08 Å². The monoisotopic (exact) mass is 252 g/mol. The number of benzene rings is 2. The average molecular weight is 252 g/mol. The number of rotatable bonds is 4. The van der Waals surface area contributed by atoms with Crippen LogP contribution in [0, 0.1) is 13.8 Å². The standard InChI is InChI=1S/C18H20O/c1-14-11-15(2)13-17(12-14)6-4-5-16-7-9-18(19-3)10-8-16/h4-5,7-13H,6H2,1-3H3. The van der Waals surface area contributed by atoms with Gasteiger partial charge < -0.3 is 4.74 Å². The largest absolute Gasteiger partial charge is 0.497 e. The molecule has 0 amide bonds. The van der Waals surface area contributed by atoms with Crippen LogP contribution in [0.5, 0.6) is 5.75 Å². The Hall–Kier alpha value is -2.02. The molecule has 0 aromatic heterocycles. The summed E-state index contributed by atoms with van der Waals surface area (Å²) in [4.78, 5) is 0. The molecule has 0 aliphatic carbocycles. The molecule has 0 bridgehead atoms. The van der Waals surface area contributed by atoms with E-state index >= 15 is 0 Å². The third-order valence-electron chi connectivity index (χ3n) is 3.06. The highest BCUT2D eigenvalue weighted by Gasteiger charge is 1.94. The van der Waals surface area contributed by atoms with E-state index in [-0.39, 0.29) is 0 Å². The maximum absolute atomic E-state index is 5.15. The van der Waals surface area contributed by atoms with Gasteiger partial charge in [-0.3, -0.25) is 0 Å². The van der Waals surface area contributed by atoms with Crippen molar-refractivity contribution < 1.29 is 4.74 Å². The van der Waals surface area contributed by atoms with E-state index in [1.54, 1.807) is 7.11 Å². The van der Waals surface area contributed by atoms with Crippen molar-refractivity contribution in [2.24, 2.45) is 0 Å². The van der Waals surface area contributed by atoms with E-state index in [9.17, 15) is 0 Å². The van der Waals surface area contributed by atoms with Crippen molar-refractivity contribution in [3.63, 3.8) is 0 Å². The van der Waals surface area contributed by atoms with Gasteiger partial charge in [0.25, 0.3) is 0 Å². The second kappa shape index (κ2) is 6.24. The third kappa shape index (κ3) is 3.99. The molecule has 0 aliphatic heterocycles. The summed E-state index contributed by atoms with van der Waals surface area (Å²) in [6, 6.07) is 14.8. The summed E-state index contributed by atoms with van der Waals surface area (Å²) in [6.07, 6.45) is 5.32. The molecular weight excluding hydrogens is 232 g/mol. The summed E-state index contributed by atoms with van der Waals surface area (Å²) in [6.45, 7) is 4.29. The van der Waals surface area contributed by atoms with Crippen LogP contribution < -0.4 is 4.74 Å².